The highest BCUT2D eigenvalue weighted by Gasteiger charge is 2.76. The van der Waals surface area contributed by atoms with Gasteiger partial charge in [0.1, 0.15) is 0 Å². The van der Waals surface area contributed by atoms with Crippen LogP contribution in [0.3, 0.4) is 0 Å². The summed E-state index contributed by atoms with van der Waals surface area (Å²) in [6.45, 7) is 0. The molecule has 14 heavy (non-hydrogen) atoms. The maximum atomic E-state index is 13.3. The summed E-state index contributed by atoms with van der Waals surface area (Å²) in [6.07, 6.45) is -5.94. The minimum absolute atomic E-state index is 0.413. The largest absolute Gasteiger partial charge is 0.457 e. The molecule has 10 heteroatoms. The van der Waals surface area contributed by atoms with Gasteiger partial charge in [0.2, 0.25) is 0 Å². The molecule has 0 N–H and O–H groups in total. The SMILES string of the molecule is FC(F)(F)C(F)(F)C(F)(I)C(Br)(Br)I. The van der Waals surface area contributed by atoms with Crippen LogP contribution in [0.2, 0.25) is 0 Å². The molecule has 0 bridgehead atoms. The molecule has 0 saturated carbocycles. The fourth-order valence-electron chi connectivity index (χ4n) is 0.356. The lowest BCUT2D eigenvalue weighted by molar-refractivity contribution is -0.304. The van der Waals surface area contributed by atoms with Crippen LogP contribution in [0.25, 0.3) is 0 Å². The predicted octanol–water partition coefficient (Wildman–Crippen LogP) is 5.16. The summed E-state index contributed by atoms with van der Waals surface area (Å²) in [7, 11) is 0. The third kappa shape index (κ3) is 2.81. The highest BCUT2D eigenvalue weighted by atomic mass is 127. The molecule has 0 fully saturated rings. The molecular weight excluding hydrogens is 576 g/mol. The first kappa shape index (κ1) is 16.0. The van der Waals surface area contributed by atoms with E-state index in [9.17, 15) is 26.3 Å². The molecule has 0 heterocycles. The Bertz CT molecular complexity index is 195. The Morgan fingerprint density at radius 2 is 1.07 bits per heavy atom. The Balaban J connectivity index is 5.30. The Kier molecular flexibility index (Phi) is 4.97. The van der Waals surface area contributed by atoms with Crippen LogP contribution < -0.4 is 0 Å². The van der Waals surface area contributed by atoms with Crippen LogP contribution in [0, 0.1) is 0 Å². The van der Waals surface area contributed by atoms with Crippen LogP contribution >= 0.6 is 77.0 Å². The Labute approximate surface area is 119 Å². The minimum Gasteiger partial charge on any atom is -0.222 e. The summed E-state index contributed by atoms with van der Waals surface area (Å²) in [5.41, 5.74) is 0. The first-order valence-corrected chi connectivity index (χ1v) is 6.38. The Morgan fingerprint density at radius 3 is 1.14 bits per heavy atom. The summed E-state index contributed by atoms with van der Waals surface area (Å²) in [6, 6.07) is 0. The molecule has 0 amide bonds. The highest BCUT2D eigenvalue weighted by Crippen LogP contribution is 2.61. The fraction of sp³-hybridized carbons (Fsp3) is 1.00. The molecule has 0 saturated heterocycles. The van der Waals surface area contributed by atoms with Gasteiger partial charge in [-0.3, -0.25) is 0 Å². The van der Waals surface area contributed by atoms with Gasteiger partial charge in [-0.15, -0.1) is 0 Å². The predicted molar refractivity (Wildman–Crippen MR) is 63.5 cm³/mol. The summed E-state index contributed by atoms with van der Waals surface area (Å²) >= 11 is 6.21. The van der Waals surface area contributed by atoms with Crippen LogP contribution in [-0.2, 0) is 0 Å². The molecule has 0 aliphatic heterocycles. The van der Waals surface area contributed by atoms with Crippen molar-refractivity contribution in [3.63, 3.8) is 0 Å². The number of hydrogen-bond donors (Lipinski definition) is 0. The second-order valence-electron chi connectivity index (χ2n) is 2.14. The lowest BCUT2D eigenvalue weighted by atomic mass is 10.2. The third-order valence-corrected chi connectivity index (χ3v) is 6.94. The molecule has 0 aliphatic carbocycles. The third-order valence-electron chi connectivity index (χ3n) is 1.11. The number of halogens is 10. The van der Waals surface area contributed by atoms with Gasteiger partial charge in [-0.05, 0) is 45.2 Å². The van der Waals surface area contributed by atoms with Crippen molar-refractivity contribution in [2.75, 3.05) is 0 Å². The van der Waals surface area contributed by atoms with Crippen LogP contribution in [0.4, 0.5) is 26.3 Å². The van der Waals surface area contributed by atoms with Crippen molar-refractivity contribution in [3.8, 4) is 0 Å². The number of hydrogen-bond acceptors (Lipinski definition) is 0. The minimum atomic E-state index is -5.94. The van der Waals surface area contributed by atoms with Crippen LogP contribution in [0.5, 0.6) is 0 Å². The monoisotopic (exact) mass is 574 g/mol. The van der Waals surface area contributed by atoms with E-state index in [1.54, 1.807) is 0 Å². The molecule has 0 spiro atoms. The highest BCUT2D eigenvalue weighted by molar-refractivity contribution is 14.1. The molecule has 0 radical (unpaired) electrons. The van der Waals surface area contributed by atoms with E-state index in [1.807, 2.05) is 0 Å². The molecule has 1 unspecified atom stereocenters. The molecule has 0 aromatic rings. The molecule has 0 aromatic heterocycles. The van der Waals surface area contributed by atoms with Crippen molar-refractivity contribution >= 4 is 77.0 Å². The number of rotatable bonds is 2. The summed E-state index contributed by atoms with van der Waals surface area (Å²) in [5, 5.41) is 0. The summed E-state index contributed by atoms with van der Waals surface area (Å²) in [4.78, 5) is 0. The van der Waals surface area contributed by atoms with Crippen LogP contribution in [0.15, 0.2) is 0 Å². The van der Waals surface area contributed by atoms with E-state index in [0.29, 0.717) is 22.6 Å². The fourth-order valence-corrected chi connectivity index (χ4v) is 1.50. The van der Waals surface area contributed by atoms with E-state index >= 15 is 0 Å². The van der Waals surface area contributed by atoms with E-state index in [2.05, 4.69) is 31.9 Å². The van der Waals surface area contributed by atoms with Gasteiger partial charge in [0.05, 0.1) is 0 Å². The summed E-state index contributed by atoms with van der Waals surface area (Å²) in [5.74, 6) is -5.46. The maximum Gasteiger partial charge on any atom is 0.457 e. The van der Waals surface area contributed by atoms with E-state index in [4.69, 9.17) is 0 Å². The number of alkyl halides is 10. The van der Waals surface area contributed by atoms with Crippen LogP contribution in [0.1, 0.15) is 0 Å². The van der Waals surface area contributed by atoms with E-state index in [-0.39, 0.29) is 0 Å². The van der Waals surface area contributed by atoms with Gasteiger partial charge in [0, 0.05) is 0 Å². The normalized spacial score (nSPS) is 19.3. The lowest BCUT2D eigenvalue weighted by Crippen LogP contribution is -2.56. The molecule has 0 aromatic carbocycles. The Morgan fingerprint density at radius 1 is 0.786 bits per heavy atom. The smallest absolute Gasteiger partial charge is 0.222 e. The van der Waals surface area contributed by atoms with Gasteiger partial charge in [-0.1, -0.05) is 31.9 Å². The Hall–Kier alpha value is 2.00. The summed E-state index contributed by atoms with van der Waals surface area (Å²) < 4.78 is 67.9. The molecular formula is C4Br2F6I2. The molecule has 0 nitrogen and oxygen atoms in total. The van der Waals surface area contributed by atoms with Crippen molar-refractivity contribution in [2.45, 2.75) is 17.0 Å². The van der Waals surface area contributed by atoms with Crippen molar-refractivity contribution < 1.29 is 26.3 Å². The van der Waals surface area contributed by atoms with Gasteiger partial charge in [-0.2, -0.15) is 22.0 Å². The van der Waals surface area contributed by atoms with Gasteiger partial charge in [-0.25, -0.2) is 4.39 Å². The van der Waals surface area contributed by atoms with Gasteiger partial charge >= 0.3 is 12.1 Å². The first-order chi connectivity index (χ1) is 5.75. The van der Waals surface area contributed by atoms with Crippen LogP contribution in [-0.4, -0.2) is 17.0 Å². The standard InChI is InChI=1S/C4Br2F6I2/c5-3(6,14)2(9,13)1(7,8)4(10,11)12. The first-order valence-electron chi connectivity index (χ1n) is 2.64. The maximum absolute atomic E-state index is 13.3. The zero-order chi connectivity index (χ0) is 12.0. The van der Waals surface area contributed by atoms with E-state index in [1.165, 1.54) is 0 Å². The van der Waals surface area contributed by atoms with Gasteiger partial charge in [0.25, 0.3) is 3.68 Å². The van der Waals surface area contributed by atoms with Gasteiger partial charge < -0.3 is 0 Å². The molecule has 0 rings (SSSR count). The molecule has 0 aliphatic rings. The van der Waals surface area contributed by atoms with E-state index in [0.717, 1.165) is 22.6 Å². The van der Waals surface area contributed by atoms with Crippen molar-refractivity contribution in [1.29, 1.82) is 0 Å². The lowest BCUT2D eigenvalue weighted by Gasteiger charge is -2.35. The molecule has 1 atom stereocenters. The molecule has 86 valence electrons. The zero-order valence-electron chi connectivity index (χ0n) is 5.78. The average Bonchev–Trinajstić information content (AvgIpc) is 1.81. The topological polar surface area (TPSA) is 0 Å². The van der Waals surface area contributed by atoms with Gasteiger partial charge in [0.15, 0.2) is 1.24 Å². The van der Waals surface area contributed by atoms with Crippen molar-refractivity contribution in [2.24, 2.45) is 0 Å². The zero-order valence-corrected chi connectivity index (χ0v) is 13.3. The second-order valence-corrected chi connectivity index (χ2v) is 11.7. The quantitative estimate of drug-likeness (QED) is 0.243. The van der Waals surface area contributed by atoms with Crippen molar-refractivity contribution in [1.82, 2.24) is 0 Å². The van der Waals surface area contributed by atoms with Crippen molar-refractivity contribution in [3.05, 3.63) is 0 Å². The average molecular weight is 576 g/mol. The second kappa shape index (κ2) is 4.35. The van der Waals surface area contributed by atoms with E-state index < -0.39 is 17.0 Å².